The van der Waals surface area contributed by atoms with E-state index in [9.17, 15) is 14.0 Å². The molecule has 0 aliphatic carbocycles. The Morgan fingerprint density at radius 2 is 1.88 bits per heavy atom. The Bertz CT molecular complexity index is 778. The second-order valence-electron chi connectivity index (χ2n) is 5.98. The number of hydrogen-bond acceptors (Lipinski definition) is 3. The van der Waals surface area contributed by atoms with Crippen LogP contribution in [0.1, 0.15) is 16.7 Å². The van der Waals surface area contributed by atoms with Crippen LogP contribution in [0.15, 0.2) is 42.5 Å². The standard InChI is InChI=1S/C19H20FN3O2/c20-19-15-8-9-21-11-14(15)6-7-16(19)23-18(25)12-22-17(24)10-13-4-2-1-3-5-13/h1-7,21H,8-12H2,(H,22,24)(H,23,25). The third-order valence-corrected chi connectivity index (χ3v) is 4.14. The van der Waals surface area contributed by atoms with Gasteiger partial charge in [-0.2, -0.15) is 0 Å². The number of fused-ring (bicyclic) bond motifs is 1. The van der Waals surface area contributed by atoms with Crippen molar-refractivity contribution < 1.29 is 14.0 Å². The molecule has 130 valence electrons. The van der Waals surface area contributed by atoms with Crippen LogP contribution in [0.4, 0.5) is 10.1 Å². The molecule has 0 fully saturated rings. The van der Waals surface area contributed by atoms with E-state index in [2.05, 4.69) is 16.0 Å². The molecule has 3 rings (SSSR count). The fraction of sp³-hybridized carbons (Fsp3) is 0.263. The number of carbonyl (C=O) groups is 2. The summed E-state index contributed by atoms with van der Waals surface area (Å²) in [5, 5.41) is 8.26. The lowest BCUT2D eigenvalue weighted by atomic mass is 9.99. The van der Waals surface area contributed by atoms with Gasteiger partial charge >= 0.3 is 0 Å². The smallest absolute Gasteiger partial charge is 0.243 e. The van der Waals surface area contributed by atoms with Crippen molar-refractivity contribution in [1.29, 1.82) is 0 Å². The fourth-order valence-corrected chi connectivity index (χ4v) is 2.85. The van der Waals surface area contributed by atoms with Gasteiger partial charge in [-0.1, -0.05) is 36.4 Å². The van der Waals surface area contributed by atoms with Crippen molar-refractivity contribution in [2.24, 2.45) is 0 Å². The molecule has 1 aliphatic rings. The number of rotatable bonds is 5. The maximum absolute atomic E-state index is 14.5. The summed E-state index contributed by atoms with van der Waals surface area (Å²) in [5.41, 5.74) is 2.58. The van der Waals surface area contributed by atoms with Crippen molar-refractivity contribution in [3.63, 3.8) is 0 Å². The largest absolute Gasteiger partial charge is 0.347 e. The number of amides is 2. The lowest BCUT2D eigenvalue weighted by Crippen LogP contribution is -2.34. The zero-order valence-corrected chi connectivity index (χ0v) is 13.8. The summed E-state index contributed by atoms with van der Waals surface area (Å²) in [4.78, 5) is 23.8. The van der Waals surface area contributed by atoms with Crippen molar-refractivity contribution in [2.45, 2.75) is 19.4 Å². The normalized spacial score (nSPS) is 13.0. The zero-order valence-electron chi connectivity index (χ0n) is 13.8. The first-order valence-corrected chi connectivity index (χ1v) is 8.25. The molecule has 0 unspecified atom stereocenters. The van der Waals surface area contributed by atoms with Crippen LogP contribution >= 0.6 is 0 Å². The first-order chi connectivity index (χ1) is 12.1. The van der Waals surface area contributed by atoms with Crippen LogP contribution in [0, 0.1) is 5.82 Å². The predicted octanol–water partition coefficient (Wildman–Crippen LogP) is 1.77. The number of hydrogen-bond donors (Lipinski definition) is 3. The predicted molar refractivity (Wildman–Crippen MR) is 93.6 cm³/mol. The van der Waals surface area contributed by atoms with E-state index in [0.29, 0.717) is 18.5 Å². The average Bonchev–Trinajstić information content (AvgIpc) is 2.63. The van der Waals surface area contributed by atoms with Gasteiger partial charge in [0.2, 0.25) is 11.8 Å². The minimum atomic E-state index is -0.450. The summed E-state index contributed by atoms with van der Waals surface area (Å²) in [7, 11) is 0. The van der Waals surface area contributed by atoms with E-state index >= 15 is 0 Å². The number of halogens is 1. The van der Waals surface area contributed by atoms with Crippen LogP contribution < -0.4 is 16.0 Å². The summed E-state index contributed by atoms with van der Waals surface area (Å²) in [5.74, 6) is -1.09. The highest BCUT2D eigenvalue weighted by Crippen LogP contribution is 2.24. The van der Waals surface area contributed by atoms with E-state index in [-0.39, 0.29) is 30.4 Å². The molecule has 0 aromatic heterocycles. The van der Waals surface area contributed by atoms with Gasteiger partial charge in [-0.25, -0.2) is 4.39 Å². The van der Waals surface area contributed by atoms with E-state index in [1.165, 1.54) is 0 Å². The minimum Gasteiger partial charge on any atom is -0.347 e. The SMILES string of the molecule is O=C(Cc1ccccc1)NCC(=O)Nc1ccc2c(c1F)CCNC2. The van der Waals surface area contributed by atoms with E-state index in [1.807, 2.05) is 36.4 Å². The van der Waals surface area contributed by atoms with Gasteiger partial charge in [0.05, 0.1) is 18.7 Å². The molecule has 0 spiro atoms. The number of benzene rings is 2. The first kappa shape index (κ1) is 17.1. The molecule has 0 radical (unpaired) electrons. The second-order valence-corrected chi connectivity index (χ2v) is 5.98. The summed E-state index contributed by atoms with van der Waals surface area (Å²) in [6.45, 7) is 1.16. The highest BCUT2D eigenvalue weighted by Gasteiger charge is 2.17. The topological polar surface area (TPSA) is 70.2 Å². The summed E-state index contributed by atoms with van der Waals surface area (Å²) in [6, 6.07) is 12.6. The molecule has 3 N–H and O–H groups in total. The molecule has 0 bridgehead atoms. The zero-order chi connectivity index (χ0) is 17.6. The third kappa shape index (κ3) is 4.42. The Morgan fingerprint density at radius 3 is 2.68 bits per heavy atom. The molecule has 25 heavy (non-hydrogen) atoms. The summed E-state index contributed by atoms with van der Waals surface area (Å²) >= 11 is 0. The molecule has 2 aromatic carbocycles. The van der Waals surface area contributed by atoms with Crippen LogP contribution in [-0.4, -0.2) is 24.9 Å². The number of carbonyl (C=O) groups excluding carboxylic acids is 2. The lowest BCUT2D eigenvalue weighted by molar-refractivity contribution is -0.123. The molecule has 6 heteroatoms. The van der Waals surface area contributed by atoms with Crippen LogP contribution in [-0.2, 0) is 29.0 Å². The highest BCUT2D eigenvalue weighted by atomic mass is 19.1. The number of anilines is 1. The Kier molecular flexibility index (Phi) is 5.40. The Hall–Kier alpha value is -2.73. The first-order valence-electron chi connectivity index (χ1n) is 8.25. The molecule has 0 atom stereocenters. The lowest BCUT2D eigenvalue weighted by Gasteiger charge is -2.19. The van der Waals surface area contributed by atoms with Gasteiger partial charge in [-0.05, 0) is 35.7 Å². The van der Waals surface area contributed by atoms with Crippen molar-refractivity contribution in [3.8, 4) is 0 Å². The van der Waals surface area contributed by atoms with Gasteiger partial charge < -0.3 is 16.0 Å². The Morgan fingerprint density at radius 1 is 1.08 bits per heavy atom. The maximum Gasteiger partial charge on any atom is 0.243 e. The van der Waals surface area contributed by atoms with Crippen molar-refractivity contribution in [1.82, 2.24) is 10.6 Å². The van der Waals surface area contributed by atoms with Crippen LogP contribution in [0.5, 0.6) is 0 Å². The molecular formula is C19H20FN3O2. The van der Waals surface area contributed by atoms with Crippen LogP contribution in [0.2, 0.25) is 0 Å². The van der Waals surface area contributed by atoms with Gasteiger partial charge in [0.15, 0.2) is 0 Å². The average molecular weight is 341 g/mol. The van der Waals surface area contributed by atoms with Gasteiger partial charge in [0.1, 0.15) is 5.82 Å². The fourth-order valence-electron chi connectivity index (χ4n) is 2.85. The van der Waals surface area contributed by atoms with Crippen LogP contribution in [0.25, 0.3) is 0 Å². The molecular weight excluding hydrogens is 321 g/mol. The van der Waals surface area contributed by atoms with Crippen molar-refractivity contribution in [2.75, 3.05) is 18.4 Å². The van der Waals surface area contributed by atoms with E-state index < -0.39 is 5.91 Å². The van der Waals surface area contributed by atoms with Gasteiger partial charge in [-0.15, -0.1) is 0 Å². The minimum absolute atomic E-state index is 0.156. The van der Waals surface area contributed by atoms with E-state index in [0.717, 1.165) is 17.7 Å². The highest BCUT2D eigenvalue weighted by molar-refractivity contribution is 5.95. The summed E-state index contributed by atoms with van der Waals surface area (Å²) < 4.78 is 14.5. The number of nitrogens with one attached hydrogen (secondary N) is 3. The maximum atomic E-state index is 14.5. The molecule has 1 heterocycles. The van der Waals surface area contributed by atoms with E-state index in [1.54, 1.807) is 6.07 Å². The molecule has 2 amide bonds. The molecule has 0 saturated heterocycles. The second kappa shape index (κ2) is 7.90. The van der Waals surface area contributed by atoms with Crippen molar-refractivity contribution >= 4 is 17.5 Å². The Labute approximate surface area is 145 Å². The third-order valence-electron chi connectivity index (χ3n) is 4.14. The molecule has 0 saturated carbocycles. The monoisotopic (exact) mass is 341 g/mol. The van der Waals surface area contributed by atoms with E-state index in [4.69, 9.17) is 0 Å². The molecule has 5 nitrogen and oxygen atoms in total. The molecule has 1 aliphatic heterocycles. The van der Waals surface area contributed by atoms with Gasteiger partial charge in [0.25, 0.3) is 0 Å². The van der Waals surface area contributed by atoms with Crippen LogP contribution in [0.3, 0.4) is 0 Å². The van der Waals surface area contributed by atoms with Gasteiger partial charge in [-0.3, -0.25) is 9.59 Å². The van der Waals surface area contributed by atoms with Gasteiger partial charge in [0, 0.05) is 6.54 Å². The molecule has 2 aromatic rings. The van der Waals surface area contributed by atoms with Crippen molar-refractivity contribution in [3.05, 3.63) is 65.0 Å². The summed E-state index contributed by atoms with van der Waals surface area (Å²) in [6.07, 6.45) is 0.799. The quantitative estimate of drug-likeness (QED) is 0.776. The Balaban J connectivity index is 1.53.